The summed E-state index contributed by atoms with van der Waals surface area (Å²) in [5.74, 6) is -1.86. The summed E-state index contributed by atoms with van der Waals surface area (Å²) in [5, 5.41) is 13.5. The van der Waals surface area contributed by atoms with Crippen LogP contribution in [-0.2, 0) is 16.0 Å². The normalized spacial score (nSPS) is 11.8. The molecule has 2 N–H and O–H groups in total. The molecule has 0 fully saturated rings. The highest BCUT2D eigenvalue weighted by atomic mass is 19.2. The molecule has 0 radical (unpaired) electrons. The van der Waals surface area contributed by atoms with Gasteiger partial charge in [0.05, 0.1) is 6.04 Å². The predicted molar refractivity (Wildman–Crippen MR) is 129 cm³/mol. The number of likely N-dealkylation sites (N-methyl/N-ethyl adjacent to an activating group) is 1. The maximum absolute atomic E-state index is 13.9. The van der Waals surface area contributed by atoms with E-state index in [0.29, 0.717) is 25.1 Å². The molecule has 1 aromatic heterocycles. The van der Waals surface area contributed by atoms with Crippen molar-refractivity contribution in [3.05, 3.63) is 71.9 Å². The van der Waals surface area contributed by atoms with E-state index in [1.165, 1.54) is 17.0 Å². The molecule has 0 saturated heterocycles. The van der Waals surface area contributed by atoms with Crippen molar-refractivity contribution in [1.82, 2.24) is 9.88 Å². The summed E-state index contributed by atoms with van der Waals surface area (Å²) >= 11 is 0. The number of fused-ring (bicyclic) bond motifs is 1. The van der Waals surface area contributed by atoms with Gasteiger partial charge in [-0.05, 0) is 48.8 Å². The van der Waals surface area contributed by atoms with E-state index in [9.17, 15) is 18.4 Å². The van der Waals surface area contributed by atoms with Crippen molar-refractivity contribution in [3.8, 4) is 0 Å². The first kappa shape index (κ1) is 26.0. The van der Waals surface area contributed by atoms with Crippen LogP contribution >= 0.6 is 0 Å². The molecule has 0 aliphatic rings. The number of benzene rings is 2. The first-order valence-electron chi connectivity index (χ1n) is 11.5. The Hall–Kier alpha value is -3.59. The molecule has 35 heavy (non-hydrogen) atoms. The van der Waals surface area contributed by atoms with Crippen LogP contribution in [0.5, 0.6) is 0 Å². The summed E-state index contributed by atoms with van der Waals surface area (Å²) in [7, 11) is 1.58. The van der Waals surface area contributed by atoms with Crippen molar-refractivity contribution in [3.63, 3.8) is 0 Å². The van der Waals surface area contributed by atoms with Crippen molar-refractivity contribution in [2.24, 2.45) is 0 Å². The number of carbonyl (C=O) groups is 2. The Balaban J connectivity index is 1.57. The Kier molecular flexibility index (Phi) is 9.48. The summed E-state index contributed by atoms with van der Waals surface area (Å²) in [6.45, 7) is -0.0559. The molecule has 9 heteroatoms. The number of anilines is 1. The van der Waals surface area contributed by atoms with Gasteiger partial charge in [0, 0.05) is 31.7 Å². The summed E-state index contributed by atoms with van der Waals surface area (Å²) in [5.41, 5.74) is 0.127. The Labute approximate surface area is 202 Å². The summed E-state index contributed by atoms with van der Waals surface area (Å²) in [6.07, 6.45) is 2.62. The molecule has 2 aromatic carbocycles. The lowest BCUT2D eigenvalue weighted by Crippen LogP contribution is -2.41. The first-order chi connectivity index (χ1) is 16.9. The third-order valence-corrected chi connectivity index (χ3v) is 5.79. The molecular formula is C26H29F2N3O4. The molecule has 0 unspecified atom stereocenters. The van der Waals surface area contributed by atoms with Crippen molar-refractivity contribution >= 4 is 28.6 Å². The van der Waals surface area contributed by atoms with Gasteiger partial charge in [0.1, 0.15) is 12.4 Å². The summed E-state index contributed by atoms with van der Waals surface area (Å²) in [6, 6.07) is 12.8. The fourth-order valence-electron chi connectivity index (χ4n) is 3.71. The third kappa shape index (κ3) is 7.45. The summed E-state index contributed by atoms with van der Waals surface area (Å²) < 4.78 is 32.7. The monoisotopic (exact) mass is 485 g/mol. The summed E-state index contributed by atoms with van der Waals surface area (Å²) in [4.78, 5) is 30.8. The van der Waals surface area contributed by atoms with E-state index >= 15 is 0 Å². The smallest absolute Gasteiger partial charge is 0.412 e. The minimum atomic E-state index is -0.954. The number of aliphatic hydroxyl groups excluding tert-OH is 1. The fourth-order valence-corrected chi connectivity index (χ4v) is 3.71. The standard InChI is InChI=1S/C26H29F2N3O4/c1-31(24(33)13-12-18-9-6-11-22(27)25(18)28)21(10-4-5-14-32)17-35-26(34)30-23-15-19-7-2-3-8-20(19)16-29-23/h2-3,6-9,11,15-16,21,32H,4-5,10,12-14,17H2,1H3,(H,29,30,34)/t21-/m1/s1. The second-order valence-corrected chi connectivity index (χ2v) is 8.23. The quantitative estimate of drug-likeness (QED) is 0.385. The second kappa shape index (κ2) is 12.8. The number of halogens is 2. The van der Waals surface area contributed by atoms with Gasteiger partial charge >= 0.3 is 6.09 Å². The number of pyridine rings is 1. The SMILES string of the molecule is CN(C(=O)CCc1cccc(F)c1F)[C@H](CCCCO)COC(=O)Nc1cc2ccccc2cn1. The van der Waals surface area contributed by atoms with E-state index in [2.05, 4.69) is 10.3 Å². The van der Waals surface area contributed by atoms with Gasteiger partial charge in [0.2, 0.25) is 5.91 Å². The molecular weight excluding hydrogens is 456 g/mol. The van der Waals surface area contributed by atoms with Crippen LogP contribution < -0.4 is 5.32 Å². The number of hydrogen-bond donors (Lipinski definition) is 2. The number of ether oxygens (including phenoxy) is 1. The van der Waals surface area contributed by atoms with Crippen LogP contribution in [0.3, 0.4) is 0 Å². The Bertz CT molecular complexity index is 1160. The fraction of sp³-hybridized carbons (Fsp3) is 0.346. The zero-order chi connectivity index (χ0) is 25.2. The number of hydrogen-bond acceptors (Lipinski definition) is 5. The van der Waals surface area contributed by atoms with Crippen LogP contribution in [0.2, 0.25) is 0 Å². The van der Waals surface area contributed by atoms with Gasteiger partial charge in [0.15, 0.2) is 11.6 Å². The lowest BCUT2D eigenvalue weighted by molar-refractivity contribution is -0.133. The molecule has 7 nitrogen and oxygen atoms in total. The number of amides is 2. The van der Waals surface area contributed by atoms with Crippen LogP contribution in [0.4, 0.5) is 19.4 Å². The lowest BCUT2D eigenvalue weighted by Gasteiger charge is -2.28. The highest BCUT2D eigenvalue weighted by Gasteiger charge is 2.22. The second-order valence-electron chi connectivity index (χ2n) is 8.23. The average molecular weight is 486 g/mol. The third-order valence-electron chi connectivity index (χ3n) is 5.79. The molecule has 0 saturated carbocycles. The van der Waals surface area contributed by atoms with E-state index in [-0.39, 0.29) is 37.5 Å². The number of aromatic nitrogens is 1. The van der Waals surface area contributed by atoms with Crippen molar-refractivity contribution in [2.45, 2.75) is 38.1 Å². The molecule has 186 valence electrons. The largest absolute Gasteiger partial charge is 0.447 e. The number of rotatable bonds is 11. The molecule has 0 aliphatic carbocycles. The van der Waals surface area contributed by atoms with Gasteiger partial charge in [-0.25, -0.2) is 18.6 Å². The number of unbranched alkanes of at least 4 members (excludes halogenated alkanes) is 1. The Morgan fingerprint density at radius 3 is 2.66 bits per heavy atom. The zero-order valence-electron chi connectivity index (χ0n) is 19.5. The van der Waals surface area contributed by atoms with Crippen LogP contribution in [-0.4, -0.2) is 53.3 Å². The maximum Gasteiger partial charge on any atom is 0.412 e. The van der Waals surface area contributed by atoms with Crippen LogP contribution in [0.1, 0.15) is 31.2 Å². The zero-order valence-corrected chi connectivity index (χ0v) is 19.5. The molecule has 0 spiro atoms. The minimum absolute atomic E-state index is 0.0121. The van der Waals surface area contributed by atoms with Gasteiger partial charge < -0.3 is 14.7 Å². The number of nitrogens with zero attached hydrogens (tertiary/aromatic N) is 2. The molecule has 1 heterocycles. The maximum atomic E-state index is 13.9. The highest BCUT2D eigenvalue weighted by molar-refractivity contribution is 5.89. The Morgan fingerprint density at radius 1 is 1.11 bits per heavy atom. The molecule has 1 atom stereocenters. The van der Waals surface area contributed by atoms with Gasteiger partial charge in [-0.1, -0.05) is 36.4 Å². The van der Waals surface area contributed by atoms with E-state index < -0.39 is 23.8 Å². The van der Waals surface area contributed by atoms with E-state index in [4.69, 9.17) is 9.84 Å². The van der Waals surface area contributed by atoms with Crippen molar-refractivity contribution < 1.29 is 28.2 Å². The van der Waals surface area contributed by atoms with E-state index in [0.717, 1.165) is 16.8 Å². The number of nitrogens with one attached hydrogen (secondary N) is 1. The first-order valence-corrected chi connectivity index (χ1v) is 11.5. The predicted octanol–water partition coefficient (Wildman–Crippen LogP) is 4.68. The minimum Gasteiger partial charge on any atom is -0.447 e. The van der Waals surface area contributed by atoms with Crippen LogP contribution in [0.15, 0.2) is 54.7 Å². The number of aryl methyl sites for hydroxylation is 1. The van der Waals surface area contributed by atoms with E-state index in [1.807, 2.05) is 24.3 Å². The number of carbonyl (C=O) groups excluding carboxylic acids is 2. The topological polar surface area (TPSA) is 91.8 Å². The van der Waals surface area contributed by atoms with Gasteiger partial charge in [-0.3, -0.25) is 10.1 Å². The lowest BCUT2D eigenvalue weighted by atomic mass is 10.1. The van der Waals surface area contributed by atoms with Gasteiger partial charge in [-0.15, -0.1) is 0 Å². The van der Waals surface area contributed by atoms with Gasteiger partial charge in [-0.2, -0.15) is 0 Å². The van der Waals surface area contributed by atoms with Crippen LogP contribution in [0, 0.1) is 11.6 Å². The average Bonchev–Trinajstić information content (AvgIpc) is 2.86. The van der Waals surface area contributed by atoms with Crippen LogP contribution in [0.25, 0.3) is 10.8 Å². The molecule has 3 rings (SSSR count). The Morgan fingerprint density at radius 2 is 1.89 bits per heavy atom. The van der Waals surface area contributed by atoms with Gasteiger partial charge in [0.25, 0.3) is 0 Å². The van der Waals surface area contributed by atoms with E-state index in [1.54, 1.807) is 19.3 Å². The molecule has 2 amide bonds. The molecule has 0 bridgehead atoms. The highest BCUT2D eigenvalue weighted by Crippen LogP contribution is 2.17. The molecule has 0 aliphatic heterocycles. The van der Waals surface area contributed by atoms with Crippen molar-refractivity contribution in [2.75, 3.05) is 25.6 Å². The molecule has 3 aromatic rings. The number of aliphatic hydroxyl groups is 1. The van der Waals surface area contributed by atoms with Crippen molar-refractivity contribution in [1.29, 1.82) is 0 Å².